The van der Waals surface area contributed by atoms with Gasteiger partial charge in [-0.3, -0.25) is 0 Å². The topological polar surface area (TPSA) is 15.7 Å². The van der Waals surface area contributed by atoms with Crippen LogP contribution in [0, 0.1) is 13.8 Å². The highest BCUT2D eigenvalue weighted by Gasteiger charge is 2.13. The molecule has 0 radical (unpaired) electrons. The van der Waals surface area contributed by atoms with E-state index in [0.29, 0.717) is 0 Å². The number of piperazine rings is 1. The van der Waals surface area contributed by atoms with Gasteiger partial charge in [0, 0.05) is 32.7 Å². The first kappa shape index (κ1) is 18.6. The third-order valence-electron chi connectivity index (χ3n) is 3.95. The Balaban J connectivity index is 0.00000220. The number of hydrogen-bond donors (Lipinski definition) is 0. The molecule has 0 unspecified atom stereocenters. The number of hydrogen-bond acceptors (Lipinski definition) is 3. The fourth-order valence-corrected chi connectivity index (χ4v) is 2.73. The first-order valence-corrected chi connectivity index (χ1v) is 7.75. The van der Waals surface area contributed by atoms with Gasteiger partial charge in [-0.1, -0.05) is 23.7 Å². The Labute approximate surface area is 139 Å². The second-order valence-corrected chi connectivity index (χ2v) is 6.07. The average molecular weight is 333 g/mol. The van der Waals surface area contributed by atoms with Crippen molar-refractivity contribution in [3.63, 3.8) is 0 Å². The van der Waals surface area contributed by atoms with Gasteiger partial charge in [0.25, 0.3) is 0 Å². The zero-order valence-corrected chi connectivity index (χ0v) is 14.8. The zero-order valence-electron chi connectivity index (χ0n) is 13.2. The molecule has 1 fully saturated rings. The van der Waals surface area contributed by atoms with Crippen LogP contribution in [-0.2, 0) is 0 Å². The maximum atomic E-state index is 6.30. The summed E-state index contributed by atoms with van der Waals surface area (Å²) in [5, 5.41) is 0.754. The van der Waals surface area contributed by atoms with E-state index in [4.69, 9.17) is 16.3 Å². The van der Waals surface area contributed by atoms with Crippen molar-refractivity contribution in [3.05, 3.63) is 28.3 Å². The summed E-state index contributed by atoms with van der Waals surface area (Å²) in [4.78, 5) is 4.89. The normalized spacial score (nSPS) is 16.6. The van der Waals surface area contributed by atoms with Crippen LogP contribution in [-0.4, -0.2) is 56.2 Å². The summed E-state index contributed by atoms with van der Waals surface area (Å²) in [6, 6.07) is 4.10. The summed E-state index contributed by atoms with van der Waals surface area (Å²) in [7, 11) is 2.18. The lowest BCUT2D eigenvalue weighted by atomic mass is 10.1. The molecule has 3 nitrogen and oxygen atoms in total. The number of likely N-dealkylation sites (N-methyl/N-ethyl adjacent to an activating group) is 1. The van der Waals surface area contributed by atoms with Crippen LogP contribution < -0.4 is 4.74 Å². The fourth-order valence-electron chi connectivity index (χ4n) is 2.46. The summed E-state index contributed by atoms with van der Waals surface area (Å²) in [5.74, 6) is 0.852. The molecule has 2 rings (SSSR count). The molecule has 120 valence electrons. The lowest BCUT2D eigenvalue weighted by molar-refractivity contribution is 0.145. The van der Waals surface area contributed by atoms with Crippen molar-refractivity contribution in [2.45, 2.75) is 20.3 Å². The van der Waals surface area contributed by atoms with Crippen molar-refractivity contribution in [3.8, 4) is 5.75 Å². The monoisotopic (exact) mass is 332 g/mol. The second kappa shape index (κ2) is 8.84. The molecular formula is C16H26Cl2N2O. The molecule has 1 aromatic rings. The molecule has 0 saturated carbocycles. The van der Waals surface area contributed by atoms with Crippen LogP contribution in [0.5, 0.6) is 5.75 Å². The van der Waals surface area contributed by atoms with Crippen LogP contribution in [0.25, 0.3) is 0 Å². The lowest BCUT2D eigenvalue weighted by Crippen LogP contribution is -2.44. The highest BCUT2D eigenvalue weighted by molar-refractivity contribution is 6.32. The predicted molar refractivity (Wildman–Crippen MR) is 92.2 cm³/mol. The number of benzene rings is 1. The van der Waals surface area contributed by atoms with Gasteiger partial charge in [-0.25, -0.2) is 0 Å². The number of ether oxygens (including phenoxy) is 1. The van der Waals surface area contributed by atoms with Gasteiger partial charge in [0.15, 0.2) is 0 Å². The molecule has 0 amide bonds. The fraction of sp³-hybridized carbons (Fsp3) is 0.625. The number of rotatable bonds is 5. The summed E-state index contributed by atoms with van der Waals surface area (Å²) >= 11 is 6.30. The quantitative estimate of drug-likeness (QED) is 0.768. The van der Waals surface area contributed by atoms with E-state index in [9.17, 15) is 0 Å². The summed E-state index contributed by atoms with van der Waals surface area (Å²) in [6.07, 6.45) is 1.05. The molecule has 0 N–H and O–H groups in total. The minimum absolute atomic E-state index is 0. The molecule has 0 spiro atoms. The second-order valence-electron chi connectivity index (χ2n) is 5.69. The highest BCUT2D eigenvalue weighted by Crippen LogP contribution is 2.31. The molecule has 0 bridgehead atoms. The van der Waals surface area contributed by atoms with Crippen LogP contribution in [0.1, 0.15) is 17.5 Å². The van der Waals surface area contributed by atoms with E-state index < -0.39 is 0 Å². The van der Waals surface area contributed by atoms with Crippen LogP contribution in [0.3, 0.4) is 0 Å². The third kappa shape index (κ3) is 5.33. The highest BCUT2D eigenvalue weighted by atomic mass is 35.5. The van der Waals surface area contributed by atoms with E-state index in [2.05, 4.69) is 22.9 Å². The predicted octanol–water partition coefficient (Wildman–Crippen LogP) is 3.39. The van der Waals surface area contributed by atoms with Gasteiger partial charge in [0.1, 0.15) is 5.75 Å². The number of halogens is 2. The molecule has 0 aromatic heterocycles. The smallest absolute Gasteiger partial charge is 0.141 e. The van der Waals surface area contributed by atoms with Gasteiger partial charge >= 0.3 is 0 Å². The largest absolute Gasteiger partial charge is 0.492 e. The van der Waals surface area contributed by atoms with Crippen LogP contribution >= 0.6 is 24.0 Å². The van der Waals surface area contributed by atoms with E-state index in [1.54, 1.807) is 0 Å². The average Bonchev–Trinajstić information content (AvgIpc) is 2.44. The standard InChI is InChI=1S/C16H25ClN2O.ClH/c1-13-5-6-14(2)16(15(13)17)20-12-4-7-19-10-8-18(3)9-11-19;/h5-6H,4,7-12H2,1-3H3;1H. The first-order chi connectivity index (χ1) is 9.58. The Hall–Kier alpha value is -0.480. The van der Waals surface area contributed by atoms with Gasteiger partial charge in [0.2, 0.25) is 0 Å². The molecule has 21 heavy (non-hydrogen) atoms. The molecule has 1 aliphatic rings. The minimum Gasteiger partial charge on any atom is -0.492 e. The van der Waals surface area contributed by atoms with Crippen LogP contribution in [0.15, 0.2) is 12.1 Å². The molecule has 1 aliphatic heterocycles. The van der Waals surface area contributed by atoms with E-state index in [-0.39, 0.29) is 12.4 Å². The maximum Gasteiger partial charge on any atom is 0.141 e. The molecule has 5 heteroatoms. The van der Waals surface area contributed by atoms with Gasteiger partial charge in [-0.2, -0.15) is 0 Å². The molecule has 1 aromatic carbocycles. The third-order valence-corrected chi connectivity index (χ3v) is 4.42. The molecule has 1 heterocycles. The van der Waals surface area contributed by atoms with Crippen molar-refractivity contribution in [1.29, 1.82) is 0 Å². The number of nitrogens with zero attached hydrogens (tertiary/aromatic N) is 2. The van der Waals surface area contributed by atoms with Crippen molar-refractivity contribution in [2.75, 3.05) is 46.4 Å². The Morgan fingerprint density at radius 2 is 1.71 bits per heavy atom. The minimum atomic E-state index is 0. The maximum absolute atomic E-state index is 6.30. The van der Waals surface area contributed by atoms with Gasteiger partial charge in [0.05, 0.1) is 11.6 Å². The Morgan fingerprint density at radius 3 is 2.38 bits per heavy atom. The summed E-state index contributed by atoms with van der Waals surface area (Å²) in [5.41, 5.74) is 2.19. The van der Waals surface area contributed by atoms with E-state index in [0.717, 1.165) is 41.5 Å². The summed E-state index contributed by atoms with van der Waals surface area (Å²) in [6.45, 7) is 10.6. The van der Waals surface area contributed by atoms with E-state index in [1.165, 1.54) is 26.2 Å². The number of aryl methyl sites for hydroxylation is 2. The van der Waals surface area contributed by atoms with Gasteiger partial charge < -0.3 is 14.5 Å². The summed E-state index contributed by atoms with van der Waals surface area (Å²) < 4.78 is 5.89. The van der Waals surface area contributed by atoms with Crippen molar-refractivity contribution in [2.24, 2.45) is 0 Å². The Kier molecular flexibility index (Phi) is 7.82. The Bertz CT molecular complexity index is 446. The zero-order chi connectivity index (χ0) is 14.5. The van der Waals surface area contributed by atoms with Crippen molar-refractivity contribution >= 4 is 24.0 Å². The molecule has 0 aliphatic carbocycles. The van der Waals surface area contributed by atoms with Gasteiger partial charge in [-0.15, -0.1) is 12.4 Å². The first-order valence-electron chi connectivity index (χ1n) is 7.37. The lowest BCUT2D eigenvalue weighted by Gasteiger charge is -2.32. The molecule has 1 saturated heterocycles. The SMILES string of the molecule is Cc1ccc(C)c(OCCCN2CCN(C)CC2)c1Cl.Cl. The van der Waals surface area contributed by atoms with Crippen molar-refractivity contribution in [1.82, 2.24) is 9.80 Å². The van der Waals surface area contributed by atoms with Gasteiger partial charge in [-0.05, 0) is 38.4 Å². The van der Waals surface area contributed by atoms with E-state index >= 15 is 0 Å². The van der Waals surface area contributed by atoms with Crippen LogP contribution in [0.4, 0.5) is 0 Å². The molecule has 0 atom stereocenters. The van der Waals surface area contributed by atoms with Crippen LogP contribution in [0.2, 0.25) is 5.02 Å². The Morgan fingerprint density at radius 1 is 1.10 bits per heavy atom. The van der Waals surface area contributed by atoms with Crippen molar-refractivity contribution < 1.29 is 4.74 Å². The molecular weight excluding hydrogens is 307 g/mol. The van der Waals surface area contributed by atoms with E-state index in [1.807, 2.05) is 19.9 Å².